The number of rotatable bonds is 13. The maximum atomic E-state index is 14.8. The molecule has 0 spiro atoms. The molecule has 0 fully saturated rings. The molecule has 3 atom stereocenters. The van der Waals surface area contributed by atoms with E-state index in [1.54, 1.807) is 62.1 Å². The Kier molecular flexibility index (Phi) is 12.8. The molecule has 0 aliphatic carbocycles. The maximum absolute atomic E-state index is 14.8. The summed E-state index contributed by atoms with van der Waals surface area (Å²) in [4.78, 5) is 43.7. The van der Waals surface area contributed by atoms with Crippen LogP contribution in [0.15, 0.2) is 78.9 Å². The van der Waals surface area contributed by atoms with Crippen molar-refractivity contribution in [3.63, 3.8) is 0 Å². The molecule has 3 rings (SSSR count). The number of carbonyl (C=O) groups excluding carboxylic acids is 3. The number of terminal acetylenes is 1. The molecule has 0 aromatic heterocycles. The zero-order valence-corrected chi connectivity index (χ0v) is 27.7. The third-order valence-electron chi connectivity index (χ3n) is 7.49. The van der Waals surface area contributed by atoms with Gasteiger partial charge in [-0.05, 0) is 87.4 Å². The molecule has 46 heavy (non-hydrogen) atoms. The van der Waals surface area contributed by atoms with E-state index in [0.717, 1.165) is 12.0 Å². The summed E-state index contributed by atoms with van der Waals surface area (Å²) in [5, 5.41) is 15.7. The van der Waals surface area contributed by atoms with Gasteiger partial charge in [0, 0.05) is 24.6 Å². The number of nitrogens with one attached hydrogen (secondary N) is 2. The number of hydrogen-bond acceptors (Lipinski definition) is 5. The Balaban J connectivity index is 2.10. The fourth-order valence-corrected chi connectivity index (χ4v) is 5.09. The zero-order chi connectivity index (χ0) is 33.9. The van der Waals surface area contributed by atoms with Gasteiger partial charge in [-0.25, -0.2) is 4.79 Å². The minimum atomic E-state index is -1.07. The summed E-state index contributed by atoms with van der Waals surface area (Å²) in [6, 6.07) is 20.6. The molecule has 3 unspecified atom stereocenters. The number of alkyl carbamates (subject to hydrolysis) is 1. The molecule has 0 aliphatic rings. The van der Waals surface area contributed by atoms with Gasteiger partial charge in [0.2, 0.25) is 11.8 Å². The lowest BCUT2D eigenvalue weighted by molar-refractivity contribution is -0.145. The van der Waals surface area contributed by atoms with Crippen LogP contribution in [0.25, 0.3) is 0 Å². The average molecular weight is 626 g/mol. The topological polar surface area (TPSA) is 108 Å². The molecule has 8 nitrogen and oxygen atoms in total. The van der Waals surface area contributed by atoms with Gasteiger partial charge >= 0.3 is 6.09 Å². The highest BCUT2D eigenvalue weighted by atomic mass is 16.6. The molecule has 3 amide bonds. The van der Waals surface area contributed by atoms with Crippen LogP contribution in [0, 0.1) is 18.3 Å². The van der Waals surface area contributed by atoms with Gasteiger partial charge in [-0.2, -0.15) is 0 Å². The third-order valence-corrected chi connectivity index (χ3v) is 7.49. The number of hydrogen-bond donors (Lipinski definition) is 3. The summed E-state index contributed by atoms with van der Waals surface area (Å²) in [5.74, 6) is 2.27. The molecular formula is C38H47N3O5. The van der Waals surface area contributed by atoms with Crippen LogP contribution in [0.2, 0.25) is 0 Å². The van der Waals surface area contributed by atoms with Crippen molar-refractivity contribution in [2.75, 3.05) is 0 Å². The molecule has 0 heterocycles. The Morgan fingerprint density at radius 3 is 2.09 bits per heavy atom. The van der Waals surface area contributed by atoms with Crippen molar-refractivity contribution < 1.29 is 24.2 Å². The number of amides is 3. The predicted octanol–water partition coefficient (Wildman–Crippen LogP) is 6.52. The minimum absolute atomic E-state index is 0.0845. The number of aromatic hydroxyl groups is 1. The predicted molar refractivity (Wildman–Crippen MR) is 181 cm³/mol. The Morgan fingerprint density at radius 1 is 0.891 bits per heavy atom. The minimum Gasteiger partial charge on any atom is -0.508 e. The first kappa shape index (κ1) is 35.7. The van der Waals surface area contributed by atoms with Crippen LogP contribution in [0.5, 0.6) is 5.75 Å². The van der Waals surface area contributed by atoms with E-state index in [-0.39, 0.29) is 30.7 Å². The van der Waals surface area contributed by atoms with Gasteiger partial charge in [-0.3, -0.25) is 9.59 Å². The summed E-state index contributed by atoms with van der Waals surface area (Å²) in [5.41, 5.74) is 2.08. The average Bonchev–Trinajstić information content (AvgIpc) is 3.01. The highest BCUT2D eigenvalue weighted by Gasteiger charge is 2.39. The van der Waals surface area contributed by atoms with E-state index in [9.17, 15) is 19.5 Å². The first-order valence-corrected chi connectivity index (χ1v) is 15.7. The van der Waals surface area contributed by atoms with Crippen LogP contribution in [0.3, 0.4) is 0 Å². The first-order chi connectivity index (χ1) is 21.8. The van der Waals surface area contributed by atoms with Crippen LogP contribution in [-0.4, -0.2) is 45.6 Å². The van der Waals surface area contributed by atoms with Gasteiger partial charge < -0.3 is 25.4 Å². The molecule has 0 radical (unpaired) electrons. The quantitative estimate of drug-likeness (QED) is 0.188. The summed E-state index contributed by atoms with van der Waals surface area (Å²) in [7, 11) is 0. The van der Waals surface area contributed by atoms with Crippen molar-refractivity contribution in [2.45, 2.75) is 91.1 Å². The van der Waals surface area contributed by atoms with Crippen molar-refractivity contribution in [2.24, 2.45) is 5.92 Å². The van der Waals surface area contributed by atoms with Gasteiger partial charge in [0.1, 0.15) is 23.4 Å². The van der Waals surface area contributed by atoms with Crippen molar-refractivity contribution in [1.29, 1.82) is 0 Å². The van der Waals surface area contributed by atoms with Gasteiger partial charge in [0.05, 0.1) is 0 Å². The molecule has 244 valence electrons. The fraction of sp³-hybridized carbons (Fsp3) is 0.395. The number of phenolic OH excluding ortho intramolecular Hbond substituents is 1. The molecule has 0 saturated heterocycles. The van der Waals surface area contributed by atoms with E-state index in [2.05, 4.69) is 30.4 Å². The Hall–Kier alpha value is -4.77. The molecule has 3 aromatic rings. The number of carbonyl (C=O) groups is 3. The van der Waals surface area contributed by atoms with Crippen LogP contribution >= 0.6 is 0 Å². The Labute approximate surface area is 273 Å². The van der Waals surface area contributed by atoms with Gasteiger partial charge in [-0.1, -0.05) is 74.4 Å². The highest BCUT2D eigenvalue weighted by molar-refractivity contribution is 5.92. The van der Waals surface area contributed by atoms with Crippen molar-refractivity contribution in [3.05, 3.63) is 101 Å². The third kappa shape index (κ3) is 11.0. The van der Waals surface area contributed by atoms with E-state index in [1.807, 2.05) is 37.3 Å². The van der Waals surface area contributed by atoms with Crippen molar-refractivity contribution in [3.8, 4) is 18.1 Å². The summed E-state index contributed by atoms with van der Waals surface area (Å²) < 4.78 is 5.54. The molecule has 8 heteroatoms. The SMILES string of the molecule is C#Cc1ccc(C(C(=O)NCc2ccccc2)N(C(=O)C(Cc2ccc(O)cc2)NC(=O)OC(C)(C)C)C(C)CCC(C)C)cc1. The van der Waals surface area contributed by atoms with Crippen LogP contribution in [0.4, 0.5) is 4.79 Å². The molecule has 3 N–H and O–H groups in total. The lowest BCUT2D eigenvalue weighted by atomic mass is 9.95. The lowest BCUT2D eigenvalue weighted by Gasteiger charge is -2.39. The van der Waals surface area contributed by atoms with Gasteiger partial charge in [-0.15, -0.1) is 6.42 Å². The Morgan fingerprint density at radius 2 is 1.52 bits per heavy atom. The first-order valence-electron chi connectivity index (χ1n) is 15.7. The molecular weight excluding hydrogens is 578 g/mol. The highest BCUT2D eigenvalue weighted by Crippen LogP contribution is 2.29. The second-order valence-corrected chi connectivity index (χ2v) is 13.0. The number of ether oxygens (including phenoxy) is 1. The molecule has 0 saturated carbocycles. The van der Waals surface area contributed by atoms with Crippen molar-refractivity contribution in [1.82, 2.24) is 15.5 Å². The molecule has 3 aromatic carbocycles. The zero-order valence-electron chi connectivity index (χ0n) is 27.7. The normalized spacial score (nSPS) is 13.2. The second kappa shape index (κ2) is 16.5. The summed E-state index contributed by atoms with van der Waals surface area (Å²) >= 11 is 0. The monoisotopic (exact) mass is 625 g/mol. The molecule has 0 bridgehead atoms. The fourth-order valence-electron chi connectivity index (χ4n) is 5.09. The van der Waals surface area contributed by atoms with E-state index in [4.69, 9.17) is 11.2 Å². The Bertz CT molecular complexity index is 1470. The van der Waals surface area contributed by atoms with Crippen LogP contribution in [0.1, 0.15) is 82.7 Å². The second-order valence-electron chi connectivity index (χ2n) is 13.0. The van der Waals surface area contributed by atoms with Gasteiger partial charge in [0.15, 0.2) is 0 Å². The van der Waals surface area contributed by atoms with Gasteiger partial charge in [0.25, 0.3) is 0 Å². The number of phenols is 1. The number of nitrogens with zero attached hydrogens (tertiary/aromatic N) is 1. The van der Waals surface area contributed by atoms with Crippen molar-refractivity contribution >= 4 is 17.9 Å². The van der Waals surface area contributed by atoms with Crippen LogP contribution in [-0.2, 0) is 27.3 Å². The largest absolute Gasteiger partial charge is 0.508 e. The summed E-state index contributed by atoms with van der Waals surface area (Å²) in [6.07, 6.45) is 6.44. The molecule has 0 aliphatic heterocycles. The smallest absolute Gasteiger partial charge is 0.408 e. The lowest BCUT2D eigenvalue weighted by Crippen LogP contribution is -2.56. The summed E-state index contributed by atoms with van der Waals surface area (Å²) in [6.45, 7) is 11.7. The standard InChI is InChI=1S/C38H47N3O5/c1-8-28-16-20-31(21-17-28)34(35(43)39-25-30-12-10-9-11-13-30)41(27(4)15-14-26(2)3)36(44)33(40-37(45)46-38(5,6)7)24-29-18-22-32(42)23-19-29/h1,9-13,16-23,26-27,33-34,42H,14-15,24-25H2,2-7H3,(H,39,43)(H,40,45). The van der Waals surface area contributed by atoms with E-state index in [1.165, 1.54) is 12.1 Å². The van der Waals surface area contributed by atoms with E-state index >= 15 is 0 Å². The van der Waals surface area contributed by atoms with E-state index in [0.29, 0.717) is 29.0 Å². The van der Waals surface area contributed by atoms with Crippen LogP contribution < -0.4 is 10.6 Å². The van der Waals surface area contributed by atoms with E-state index < -0.39 is 29.7 Å². The maximum Gasteiger partial charge on any atom is 0.408 e. The number of benzene rings is 3.